The number of carbonyl (C=O) groups is 1. The molecule has 1 saturated heterocycles. The fourth-order valence-electron chi connectivity index (χ4n) is 4.00. The van der Waals surface area contributed by atoms with E-state index in [1.54, 1.807) is 12.3 Å². The summed E-state index contributed by atoms with van der Waals surface area (Å²) in [5.74, 6) is -0.0391. The summed E-state index contributed by atoms with van der Waals surface area (Å²) < 4.78 is 15.1. The van der Waals surface area contributed by atoms with E-state index in [0.717, 1.165) is 25.4 Å². The van der Waals surface area contributed by atoms with Crippen molar-refractivity contribution < 1.29 is 14.3 Å². The van der Waals surface area contributed by atoms with Crippen LogP contribution in [0.4, 0.5) is 10.1 Å². The molecule has 7 heteroatoms. The molecule has 6 nitrogen and oxygen atoms in total. The van der Waals surface area contributed by atoms with Gasteiger partial charge < -0.3 is 10.4 Å². The van der Waals surface area contributed by atoms with Gasteiger partial charge in [0.1, 0.15) is 5.82 Å². The molecule has 0 radical (unpaired) electrons. The highest BCUT2D eigenvalue weighted by Gasteiger charge is 2.35. The molecule has 144 valence electrons. The van der Waals surface area contributed by atoms with Crippen LogP contribution in [0.1, 0.15) is 42.1 Å². The first-order chi connectivity index (χ1) is 13.1. The average Bonchev–Trinajstić information content (AvgIpc) is 3.24. The molecule has 0 unspecified atom stereocenters. The fraction of sp³-hybridized carbons (Fsp3) is 0.500. The molecular weight excluding hydrogens is 347 g/mol. The quantitative estimate of drug-likeness (QED) is 0.818. The van der Waals surface area contributed by atoms with Crippen molar-refractivity contribution in [3.63, 3.8) is 0 Å². The first-order valence-electron chi connectivity index (χ1n) is 9.58. The molecule has 1 aromatic heterocycles. The number of carbonyl (C=O) groups excluding carboxylic acids is 1. The van der Waals surface area contributed by atoms with Crippen LogP contribution in [0.25, 0.3) is 0 Å². The number of anilines is 1. The van der Waals surface area contributed by atoms with Gasteiger partial charge in [0.2, 0.25) is 0 Å². The maximum atomic E-state index is 13.3. The second-order valence-electron chi connectivity index (χ2n) is 7.65. The zero-order chi connectivity index (χ0) is 18.8. The van der Waals surface area contributed by atoms with Gasteiger partial charge in [-0.1, -0.05) is 12.5 Å². The summed E-state index contributed by atoms with van der Waals surface area (Å²) in [6, 6.07) is 5.96. The number of aliphatic hydroxyl groups is 1. The summed E-state index contributed by atoms with van der Waals surface area (Å²) in [7, 11) is 0. The zero-order valence-corrected chi connectivity index (χ0v) is 15.2. The normalized spacial score (nSPS) is 23.3. The van der Waals surface area contributed by atoms with Crippen molar-refractivity contribution in [3.8, 4) is 0 Å². The average molecular weight is 372 g/mol. The molecule has 2 aromatic rings. The highest BCUT2D eigenvalue weighted by molar-refractivity contribution is 6.04. The van der Waals surface area contributed by atoms with Gasteiger partial charge in [-0.3, -0.25) is 14.4 Å². The molecule has 1 amide bonds. The minimum atomic E-state index is -0.439. The van der Waals surface area contributed by atoms with E-state index in [2.05, 4.69) is 15.3 Å². The van der Waals surface area contributed by atoms with Crippen molar-refractivity contribution in [2.24, 2.45) is 5.92 Å². The van der Waals surface area contributed by atoms with Gasteiger partial charge in [-0.2, -0.15) is 5.10 Å². The Hall–Kier alpha value is -2.25. The third-order valence-corrected chi connectivity index (χ3v) is 5.75. The van der Waals surface area contributed by atoms with E-state index in [0.29, 0.717) is 5.69 Å². The number of hydrogen-bond donors (Lipinski definition) is 2. The summed E-state index contributed by atoms with van der Waals surface area (Å²) in [6.07, 6.45) is 8.17. The summed E-state index contributed by atoms with van der Waals surface area (Å²) in [5.41, 5.74) is 0.859. The number of nitrogens with one attached hydrogen (secondary N) is 1. The van der Waals surface area contributed by atoms with Crippen LogP contribution in [0.5, 0.6) is 0 Å². The molecule has 2 fully saturated rings. The summed E-state index contributed by atoms with van der Waals surface area (Å²) in [4.78, 5) is 14.6. The number of likely N-dealkylation sites (tertiary alicyclic amines) is 1. The number of nitrogens with zero attached hydrogens (tertiary/aromatic N) is 3. The van der Waals surface area contributed by atoms with E-state index in [4.69, 9.17) is 0 Å². The summed E-state index contributed by atoms with van der Waals surface area (Å²) in [6.45, 7) is 2.07. The lowest BCUT2D eigenvalue weighted by Gasteiger charge is -2.32. The van der Waals surface area contributed by atoms with Gasteiger partial charge in [-0.05, 0) is 43.4 Å². The SMILES string of the molecule is O=C(Nc1cnn([C@H]2C[C@@H](CO)N(CC3CCC3)C2)c1)c1cccc(F)c1. The number of rotatable bonds is 6. The van der Waals surface area contributed by atoms with Crippen LogP contribution in [0.2, 0.25) is 0 Å². The highest BCUT2D eigenvalue weighted by atomic mass is 19.1. The van der Waals surface area contributed by atoms with Crippen molar-refractivity contribution in [1.82, 2.24) is 14.7 Å². The zero-order valence-electron chi connectivity index (χ0n) is 15.2. The van der Waals surface area contributed by atoms with Crippen molar-refractivity contribution >= 4 is 11.6 Å². The Morgan fingerprint density at radius 3 is 2.93 bits per heavy atom. The minimum absolute atomic E-state index is 0.160. The van der Waals surface area contributed by atoms with Crippen LogP contribution >= 0.6 is 0 Å². The fourth-order valence-corrected chi connectivity index (χ4v) is 4.00. The topological polar surface area (TPSA) is 70.4 Å². The first-order valence-corrected chi connectivity index (χ1v) is 9.58. The Balaban J connectivity index is 1.39. The van der Waals surface area contributed by atoms with E-state index in [9.17, 15) is 14.3 Å². The predicted molar refractivity (Wildman–Crippen MR) is 100 cm³/mol. The predicted octanol–water partition coefficient (Wildman–Crippen LogP) is 2.68. The summed E-state index contributed by atoms with van der Waals surface area (Å²) in [5, 5.41) is 16.9. The molecule has 1 aliphatic carbocycles. The Morgan fingerprint density at radius 2 is 2.22 bits per heavy atom. The van der Waals surface area contributed by atoms with Gasteiger partial charge in [0.25, 0.3) is 5.91 Å². The van der Waals surface area contributed by atoms with Crippen LogP contribution < -0.4 is 5.32 Å². The number of aromatic nitrogens is 2. The number of aliphatic hydroxyl groups excluding tert-OH is 1. The highest BCUT2D eigenvalue weighted by Crippen LogP contribution is 2.33. The second-order valence-corrected chi connectivity index (χ2v) is 7.65. The van der Waals surface area contributed by atoms with Crippen molar-refractivity contribution in [2.45, 2.75) is 37.8 Å². The Bertz CT molecular complexity index is 805. The molecule has 2 aliphatic rings. The number of benzene rings is 1. The van der Waals surface area contributed by atoms with E-state index in [1.807, 2.05) is 10.9 Å². The maximum absolute atomic E-state index is 13.3. The third kappa shape index (κ3) is 4.04. The lowest BCUT2D eigenvalue weighted by atomic mass is 9.85. The van der Waals surface area contributed by atoms with E-state index >= 15 is 0 Å². The molecule has 2 atom stereocenters. The van der Waals surface area contributed by atoms with E-state index in [-0.39, 0.29) is 30.2 Å². The number of amides is 1. The van der Waals surface area contributed by atoms with E-state index < -0.39 is 5.82 Å². The van der Waals surface area contributed by atoms with Gasteiger partial charge in [-0.25, -0.2) is 4.39 Å². The summed E-state index contributed by atoms with van der Waals surface area (Å²) >= 11 is 0. The van der Waals surface area contributed by atoms with Crippen molar-refractivity contribution in [1.29, 1.82) is 0 Å². The molecule has 4 rings (SSSR count). The molecule has 1 aliphatic heterocycles. The molecule has 2 N–H and O–H groups in total. The second kappa shape index (κ2) is 7.78. The molecular formula is C20H25FN4O2. The molecule has 27 heavy (non-hydrogen) atoms. The van der Waals surface area contributed by atoms with Crippen molar-refractivity contribution in [3.05, 3.63) is 48.0 Å². The first kappa shape index (κ1) is 18.1. The van der Waals surface area contributed by atoms with Crippen LogP contribution in [0.3, 0.4) is 0 Å². The van der Waals surface area contributed by atoms with Gasteiger partial charge in [0, 0.05) is 30.9 Å². The van der Waals surface area contributed by atoms with E-state index in [1.165, 1.54) is 37.5 Å². The Labute approximate surface area is 158 Å². The van der Waals surface area contributed by atoms with Gasteiger partial charge in [-0.15, -0.1) is 0 Å². The molecule has 2 heterocycles. The van der Waals surface area contributed by atoms with Crippen LogP contribution in [0.15, 0.2) is 36.7 Å². The Morgan fingerprint density at radius 1 is 1.37 bits per heavy atom. The Kier molecular flexibility index (Phi) is 5.22. The molecule has 0 spiro atoms. The van der Waals surface area contributed by atoms with Crippen LogP contribution in [-0.2, 0) is 0 Å². The van der Waals surface area contributed by atoms with Crippen LogP contribution in [0, 0.1) is 11.7 Å². The monoisotopic (exact) mass is 372 g/mol. The van der Waals surface area contributed by atoms with Crippen molar-refractivity contribution in [2.75, 3.05) is 25.0 Å². The molecule has 1 saturated carbocycles. The lowest BCUT2D eigenvalue weighted by Crippen LogP contribution is -2.38. The largest absolute Gasteiger partial charge is 0.395 e. The van der Waals surface area contributed by atoms with Gasteiger partial charge >= 0.3 is 0 Å². The van der Waals surface area contributed by atoms with Crippen LogP contribution in [-0.4, -0.2) is 51.4 Å². The minimum Gasteiger partial charge on any atom is -0.395 e. The molecule has 0 bridgehead atoms. The van der Waals surface area contributed by atoms with Gasteiger partial charge in [0.05, 0.1) is 24.5 Å². The third-order valence-electron chi connectivity index (χ3n) is 5.75. The smallest absolute Gasteiger partial charge is 0.255 e. The lowest BCUT2D eigenvalue weighted by molar-refractivity contribution is 0.102. The standard InChI is InChI=1S/C20H25FN4O2/c21-16-6-2-5-15(7-16)20(27)23-17-9-22-25(11-17)18-8-19(13-26)24(12-18)10-14-3-1-4-14/h2,5-7,9,11,14,18-19,26H,1,3-4,8,10,12-13H2,(H,23,27)/t18-,19-/m0/s1. The molecule has 1 aromatic carbocycles. The van der Waals surface area contributed by atoms with Gasteiger partial charge in [0.15, 0.2) is 0 Å². The maximum Gasteiger partial charge on any atom is 0.255 e. The number of halogens is 1. The number of hydrogen-bond acceptors (Lipinski definition) is 4.